The maximum absolute atomic E-state index is 13.3. The molecule has 168 valence electrons. The predicted molar refractivity (Wildman–Crippen MR) is 126 cm³/mol. The van der Waals surface area contributed by atoms with Gasteiger partial charge in [0, 0.05) is 23.8 Å². The first-order valence-electron chi connectivity index (χ1n) is 10.6. The molecule has 0 aliphatic rings. The zero-order valence-electron chi connectivity index (χ0n) is 18.3. The number of hydrogen-bond donors (Lipinski definition) is 1. The van der Waals surface area contributed by atoms with Gasteiger partial charge in [-0.3, -0.25) is 4.79 Å². The predicted octanol–water partition coefficient (Wildman–Crippen LogP) is 5.65. The van der Waals surface area contributed by atoms with E-state index in [9.17, 15) is 9.59 Å². The van der Waals surface area contributed by atoms with E-state index in [1.54, 1.807) is 41.5 Å². The number of benzene rings is 2. The maximum atomic E-state index is 13.3. The van der Waals surface area contributed by atoms with Gasteiger partial charge in [0.15, 0.2) is 0 Å². The number of amides is 3. The van der Waals surface area contributed by atoms with E-state index in [0.29, 0.717) is 36.1 Å². The van der Waals surface area contributed by atoms with E-state index in [4.69, 9.17) is 16.0 Å². The molecule has 0 fully saturated rings. The number of urea groups is 1. The van der Waals surface area contributed by atoms with Crippen LogP contribution in [0.5, 0.6) is 0 Å². The smallest absolute Gasteiger partial charge is 0.322 e. The van der Waals surface area contributed by atoms with Gasteiger partial charge in [-0.2, -0.15) is 0 Å². The van der Waals surface area contributed by atoms with Gasteiger partial charge < -0.3 is 19.5 Å². The molecule has 0 aliphatic heterocycles. The van der Waals surface area contributed by atoms with Gasteiger partial charge in [-0.1, -0.05) is 61.8 Å². The fraction of sp³-hybridized carbons (Fsp3) is 0.280. The topological polar surface area (TPSA) is 65.8 Å². The third-order valence-electron chi connectivity index (χ3n) is 4.77. The normalized spacial score (nSPS) is 10.8. The first-order chi connectivity index (χ1) is 15.4. The van der Waals surface area contributed by atoms with E-state index >= 15 is 0 Å². The summed E-state index contributed by atoms with van der Waals surface area (Å²) in [6, 6.07) is 20.0. The number of nitrogens with zero attached hydrogens (tertiary/aromatic N) is 2. The summed E-state index contributed by atoms with van der Waals surface area (Å²) in [4.78, 5) is 29.5. The summed E-state index contributed by atoms with van der Waals surface area (Å²) >= 11 is 6.03. The molecule has 7 heteroatoms. The zero-order chi connectivity index (χ0) is 22.9. The van der Waals surface area contributed by atoms with Crippen LogP contribution in [0.1, 0.15) is 25.2 Å². The minimum absolute atomic E-state index is 0.0435. The van der Waals surface area contributed by atoms with Crippen LogP contribution < -0.4 is 5.32 Å². The van der Waals surface area contributed by atoms with Crippen LogP contribution in [0, 0.1) is 5.92 Å². The van der Waals surface area contributed by atoms with E-state index in [2.05, 4.69) is 5.32 Å². The molecule has 1 heterocycles. The summed E-state index contributed by atoms with van der Waals surface area (Å²) < 4.78 is 5.46. The van der Waals surface area contributed by atoms with Crippen molar-refractivity contribution < 1.29 is 14.0 Å². The highest BCUT2D eigenvalue weighted by atomic mass is 35.5. The van der Waals surface area contributed by atoms with Gasteiger partial charge >= 0.3 is 6.03 Å². The number of furan rings is 1. The van der Waals surface area contributed by atoms with E-state index in [-0.39, 0.29) is 24.4 Å². The summed E-state index contributed by atoms with van der Waals surface area (Å²) in [7, 11) is 0. The van der Waals surface area contributed by atoms with E-state index < -0.39 is 0 Å². The van der Waals surface area contributed by atoms with Gasteiger partial charge in [0.25, 0.3) is 0 Å². The van der Waals surface area contributed by atoms with Crippen LogP contribution in [0.4, 0.5) is 10.5 Å². The lowest BCUT2D eigenvalue weighted by Crippen LogP contribution is -2.45. The fourth-order valence-corrected chi connectivity index (χ4v) is 3.51. The summed E-state index contributed by atoms with van der Waals surface area (Å²) in [6.45, 7) is 5.16. The summed E-state index contributed by atoms with van der Waals surface area (Å²) in [5.41, 5.74) is 1.59. The van der Waals surface area contributed by atoms with Crippen LogP contribution in [-0.2, 0) is 17.9 Å². The highest BCUT2D eigenvalue weighted by Crippen LogP contribution is 2.16. The Labute approximate surface area is 193 Å². The lowest BCUT2D eigenvalue weighted by molar-refractivity contribution is -0.133. The molecule has 1 aromatic heterocycles. The second-order valence-corrected chi connectivity index (χ2v) is 8.47. The molecule has 32 heavy (non-hydrogen) atoms. The number of hydrogen-bond acceptors (Lipinski definition) is 3. The van der Waals surface area contributed by atoms with E-state index in [1.807, 2.05) is 50.2 Å². The molecule has 2 aromatic carbocycles. The molecule has 0 saturated heterocycles. The average Bonchev–Trinajstić information content (AvgIpc) is 3.26. The van der Waals surface area contributed by atoms with Crippen LogP contribution in [0.15, 0.2) is 77.4 Å². The first-order valence-corrected chi connectivity index (χ1v) is 10.9. The summed E-state index contributed by atoms with van der Waals surface area (Å²) in [5, 5.41) is 3.37. The van der Waals surface area contributed by atoms with Crippen LogP contribution in [0.3, 0.4) is 0 Å². The lowest BCUT2D eigenvalue weighted by Gasteiger charge is -2.28. The summed E-state index contributed by atoms with van der Waals surface area (Å²) in [5.74, 6) is 0.723. The third kappa shape index (κ3) is 7.17. The molecule has 0 saturated carbocycles. The average molecular weight is 454 g/mol. The van der Waals surface area contributed by atoms with Crippen molar-refractivity contribution in [3.8, 4) is 0 Å². The lowest BCUT2D eigenvalue weighted by atomic mass is 10.2. The molecule has 3 amide bonds. The second-order valence-electron chi connectivity index (χ2n) is 8.03. The second kappa shape index (κ2) is 11.4. The Bertz CT molecular complexity index is 1010. The van der Waals surface area contributed by atoms with E-state index in [1.165, 1.54) is 4.90 Å². The molecule has 0 atom stereocenters. The Balaban J connectivity index is 1.75. The quantitative estimate of drug-likeness (QED) is 0.455. The highest BCUT2D eigenvalue weighted by Gasteiger charge is 2.23. The minimum Gasteiger partial charge on any atom is -0.467 e. The standard InChI is InChI=1S/C25H28ClN3O3/c1-19(2)15-29(25(31)27-22-11-6-10-21(26)14-22)18-24(30)28(17-23-12-7-13-32-23)16-20-8-4-3-5-9-20/h3-14,19H,15-18H2,1-2H3,(H,27,31). The van der Waals surface area contributed by atoms with Crippen molar-refractivity contribution >= 4 is 29.2 Å². The number of halogens is 1. The molecule has 6 nitrogen and oxygen atoms in total. The van der Waals surface area contributed by atoms with Crippen LogP contribution in [0.25, 0.3) is 0 Å². The Morgan fingerprint density at radius 1 is 0.969 bits per heavy atom. The number of carbonyl (C=O) groups excluding carboxylic acids is 2. The molecule has 0 bridgehead atoms. The van der Waals surface area contributed by atoms with Crippen LogP contribution >= 0.6 is 11.6 Å². The third-order valence-corrected chi connectivity index (χ3v) is 5.01. The number of rotatable bonds is 9. The first kappa shape index (κ1) is 23.4. The Hall–Kier alpha value is -3.25. The molecule has 3 rings (SSSR count). The fourth-order valence-electron chi connectivity index (χ4n) is 3.32. The number of nitrogens with one attached hydrogen (secondary N) is 1. The maximum Gasteiger partial charge on any atom is 0.322 e. The van der Waals surface area contributed by atoms with Gasteiger partial charge in [0.1, 0.15) is 12.3 Å². The monoisotopic (exact) mass is 453 g/mol. The molecule has 0 spiro atoms. The van der Waals surface area contributed by atoms with Crippen molar-refractivity contribution in [1.29, 1.82) is 0 Å². The molecule has 1 N–H and O–H groups in total. The van der Waals surface area contributed by atoms with Gasteiger partial charge in [-0.25, -0.2) is 4.79 Å². The molecule has 0 aliphatic carbocycles. The molecular weight excluding hydrogens is 426 g/mol. The van der Waals surface area contributed by atoms with Crippen molar-refractivity contribution in [3.63, 3.8) is 0 Å². The Morgan fingerprint density at radius 3 is 2.41 bits per heavy atom. The van der Waals surface area contributed by atoms with Crippen molar-refractivity contribution in [2.75, 3.05) is 18.4 Å². The summed E-state index contributed by atoms with van der Waals surface area (Å²) in [6.07, 6.45) is 1.59. The van der Waals surface area contributed by atoms with E-state index in [0.717, 1.165) is 5.56 Å². The highest BCUT2D eigenvalue weighted by molar-refractivity contribution is 6.30. The minimum atomic E-state index is -0.341. The Kier molecular flexibility index (Phi) is 8.34. The van der Waals surface area contributed by atoms with Gasteiger partial charge in [0.05, 0.1) is 12.8 Å². The van der Waals surface area contributed by atoms with Crippen LogP contribution in [-0.4, -0.2) is 34.8 Å². The largest absolute Gasteiger partial charge is 0.467 e. The van der Waals surface area contributed by atoms with Gasteiger partial charge in [-0.15, -0.1) is 0 Å². The number of anilines is 1. The SMILES string of the molecule is CC(C)CN(CC(=O)N(Cc1ccccc1)Cc1ccco1)C(=O)Nc1cccc(Cl)c1. The van der Waals surface area contributed by atoms with Gasteiger partial charge in [-0.05, 0) is 41.8 Å². The molecule has 3 aromatic rings. The zero-order valence-corrected chi connectivity index (χ0v) is 19.1. The number of carbonyl (C=O) groups is 2. The Morgan fingerprint density at radius 2 is 1.75 bits per heavy atom. The molecule has 0 radical (unpaired) electrons. The van der Waals surface area contributed by atoms with Crippen molar-refractivity contribution in [2.45, 2.75) is 26.9 Å². The van der Waals surface area contributed by atoms with Crippen molar-refractivity contribution in [2.24, 2.45) is 5.92 Å². The van der Waals surface area contributed by atoms with Crippen molar-refractivity contribution in [3.05, 3.63) is 89.3 Å². The molecule has 0 unspecified atom stereocenters. The molecular formula is C25H28ClN3O3. The van der Waals surface area contributed by atoms with Crippen molar-refractivity contribution in [1.82, 2.24) is 9.80 Å². The van der Waals surface area contributed by atoms with Gasteiger partial charge in [0.2, 0.25) is 5.91 Å². The van der Waals surface area contributed by atoms with Crippen LogP contribution in [0.2, 0.25) is 5.02 Å².